The Balaban J connectivity index is 1.76. The van der Waals surface area contributed by atoms with Crippen molar-refractivity contribution in [1.29, 1.82) is 0 Å². The molecule has 2 unspecified atom stereocenters. The van der Waals surface area contributed by atoms with E-state index in [9.17, 15) is 4.79 Å². The first-order valence-electron chi connectivity index (χ1n) is 14.1. The standard InChI is InChI=1S/C32H50NO3/c1-6-8-9-10-11-12-14-18-28-21-17-22-30(25-28)35-31(7-2)36-32(34)27(3)23-24-33(4,5)26-29-19-15-13-16-20-29/h13,15-17,19-22,25,27,31H,6-12,14,18,23-24,26H2,1-5H3/q+1. The number of unbranched alkanes of at least 4 members (excludes halogenated alkanes) is 6. The van der Waals surface area contributed by atoms with Gasteiger partial charge in [-0.3, -0.25) is 4.79 Å². The average molecular weight is 497 g/mol. The summed E-state index contributed by atoms with van der Waals surface area (Å²) >= 11 is 0. The van der Waals surface area contributed by atoms with Crippen LogP contribution in [0.2, 0.25) is 0 Å². The van der Waals surface area contributed by atoms with Gasteiger partial charge in [-0.15, -0.1) is 0 Å². The molecule has 0 N–H and O–H groups in total. The number of benzene rings is 2. The second-order valence-corrected chi connectivity index (χ2v) is 10.9. The molecular weight excluding hydrogens is 446 g/mol. The summed E-state index contributed by atoms with van der Waals surface area (Å²) in [6.07, 6.45) is 11.1. The zero-order chi connectivity index (χ0) is 26.2. The van der Waals surface area contributed by atoms with E-state index >= 15 is 0 Å². The van der Waals surface area contributed by atoms with Crippen LogP contribution in [0, 0.1) is 5.92 Å². The fraction of sp³-hybridized carbons (Fsp3) is 0.594. The van der Waals surface area contributed by atoms with Gasteiger partial charge in [-0.1, -0.05) is 102 Å². The van der Waals surface area contributed by atoms with E-state index in [0.717, 1.165) is 36.2 Å². The molecule has 0 radical (unpaired) electrons. The smallest absolute Gasteiger partial charge is 0.311 e. The second kappa shape index (κ2) is 16.4. The number of hydrogen-bond acceptors (Lipinski definition) is 3. The fourth-order valence-electron chi connectivity index (χ4n) is 4.47. The summed E-state index contributed by atoms with van der Waals surface area (Å²) < 4.78 is 12.7. The molecule has 0 saturated heterocycles. The van der Waals surface area contributed by atoms with Gasteiger partial charge in [-0.2, -0.15) is 0 Å². The number of nitrogens with zero attached hydrogens (tertiary/aromatic N) is 1. The van der Waals surface area contributed by atoms with Crippen LogP contribution in [0.5, 0.6) is 5.75 Å². The van der Waals surface area contributed by atoms with Crippen molar-refractivity contribution in [3.05, 3.63) is 65.7 Å². The van der Waals surface area contributed by atoms with Crippen molar-refractivity contribution in [2.45, 2.75) is 97.8 Å². The van der Waals surface area contributed by atoms with Gasteiger partial charge in [0.05, 0.1) is 26.6 Å². The first-order chi connectivity index (χ1) is 17.3. The zero-order valence-corrected chi connectivity index (χ0v) is 23.5. The maximum Gasteiger partial charge on any atom is 0.311 e. The van der Waals surface area contributed by atoms with Gasteiger partial charge >= 0.3 is 5.97 Å². The lowest BCUT2D eigenvalue weighted by Crippen LogP contribution is -2.41. The predicted octanol–water partition coefficient (Wildman–Crippen LogP) is 7.94. The van der Waals surface area contributed by atoms with Crippen molar-refractivity contribution >= 4 is 5.97 Å². The summed E-state index contributed by atoms with van der Waals surface area (Å²) in [6.45, 7) is 8.06. The molecule has 4 heteroatoms. The second-order valence-electron chi connectivity index (χ2n) is 10.9. The highest BCUT2D eigenvalue weighted by Crippen LogP contribution is 2.20. The van der Waals surface area contributed by atoms with Crippen LogP contribution in [-0.4, -0.2) is 37.4 Å². The van der Waals surface area contributed by atoms with E-state index in [0.29, 0.717) is 6.42 Å². The fourth-order valence-corrected chi connectivity index (χ4v) is 4.47. The molecule has 0 bridgehead atoms. The van der Waals surface area contributed by atoms with Gasteiger partial charge < -0.3 is 14.0 Å². The minimum Gasteiger partial charge on any atom is -0.455 e. The minimum atomic E-state index is -0.555. The molecule has 0 heterocycles. The highest BCUT2D eigenvalue weighted by molar-refractivity contribution is 5.72. The lowest BCUT2D eigenvalue weighted by molar-refractivity contribution is -0.904. The Labute approximate surface area is 220 Å². The van der Waals surface area contributed by atoms with Gasteiger partial charge in [0, 0.05) is 18.4 Å². The molecule has 4 nitrogen and oxygen atoms in total. The average Bonchev–Trinajstić information content (AvgIpc) is 2.87. The molecule has 2 aromatic carbocycles. The Hall–Kier alpha value is -2.33. The van der Waals surface area contributed by atoms with Crippen LogP contribution in [0.3, 0.4) is 0 Å². The van der Waals surface area contributed by atoms with E-state index in [2.05, 4.69) is 57.4 Å². The van der Waals surface area contributed by atoms with E-state index in [-0.39, 0.29) is 11.9 Å². The highest BCUT2D eigenvalue weighted by atomic mass is 16.7. The topological polar surface area (TPSA) is 35.5 Å². The first kappa shape index (κ1) is 29.9. The summed E-state index contributed by atoms with van der Waals surface area (Å²) in [5.74, 6) is 0.434. The van der Waals surface area contributed by atoms with Crippen LogP contribution in [0.1, 0.15) is 89.7 Å². The number of carbonyl (C=O) groups is 1. The van der Waals surface area contributed by atoms with Crippen molar-refractivity contribution in [1.82, 2.24) is 0 Å². The number of esters is 1. The molecule has 0 saturated carbocycles. The first-order valence-corrected chi connectivity index (χ1v) is 14.1. The number of quaternary nitrogens is 1. The highest BCUT2D eigenvalue weighted by Gasteiger charge is 2.24. The van der Waals surface area contributed by atoms with Crippen LogP contribution < -0.4 is 4.74 Å². The summed E-state index contributed by atoms with van der Waals surface area (Å²) in [7, 11) is 4.42. The summed E-state index contributed by atoms with van der Waals surface area (Å²) in [5, 5.41) is 0. The maximum absolute atomic E-state index is 12.8. The molecule has 0 spiro atoms. The Kier molecular flexibility index (Phi) is 13.6. The molecule has 0 amide bonds. The molecule has 0 aliphatic heterocycles. The number of rotatable bonds is 18. The number of carbonyl (C=O) groups excluding carboxylic acids is 1. The quantitative estimate of drug-likeness (QED) is 0.0909. The monoisotopic (exact) mass is 496 g/mol. The van der Waals surface area contributed by atoms with Gasteiger partial charge in [0.1, 0.15) is 12.3 Å². The zero-order valence-electron chi connectivity index (χ0n) is 23.5. The Bertz CT molecular complexity index is 865. The van der Waals surface area contributed by atoms with Crippen molar-refractivity contribution in [2.24, 2.45) is 5.92 Å². The van der Waals surface area contributed by atoms with E-state index in [1.165, 1.54) is 56.1 Å². The van der Waals surface area contributed by atoms with Crippen LogP contribution in [0.15, 0.2) is 54.6 Å². The van der Waals surface area contributed by atoms with Gasteiger partial charge in [0.25, 0.3) is 0 Å². The summed E-state index contributed by atoms with van der Waals surface area (Å²) in [4.78, 5) is 12.8. The Morgan fingerprint density at radius 3 is 2.22 bits per heavy atom. The molecule has 0 aliphatic carbocycles. The van der Waals surface area contributed by atoms with E-state index < -0.39 is 6.29 Å². The molecule has 0 fully saturated rings. The van der Waals surface area contributed by atoms with Crippen LogP contribution in [-0.2, 0) is 22.5 Å². The summed E-state index contributed by atoms with van der Waals surface area (Å²) in [6, 6.07) is 18.8. The maximum atomic E-state index is 12.8. The molecule has 0 aliphatic rings. The normalized spacial score (nSPS) is 13.2. The van der Waals surface area contributed by atoms with Crippen molar-refractivity contribution < 1.29 is 18.8 Å². The van der Waals surface area contributed by atoms with Crippen molar-refractivity contribution in [3.8, 4) is 5.75 Å². The molecule has 36 heavy (non-hydrogen) atoms. The van der Waals surface area contributed by atoms with E-state index in [1.54, 1.807) is 0 Å². The Morgan fingerprint density at radius 2 is 1.53 bits per heavy atom. The molecular formula is C32H50NO3+. The molecule has 2 aromatic rings. The minimum absolute atomic E-state index is 0.167. The molecule has 200 valence electrons. The lowest BCUT2D eigenvalue weighted by atomic mass is 10.0. The van der Waals surface area contributed by atoms with Gasteiger partial charge in [-0.25, -0.2) is 0 Å². The predicted molar refractivity (Wildman–Crippen MR) is 150 cm³/mol. The SMILES string of the molecule is CCCCCCCCCc1cccc(OC(CC)OC(=O)C(C)CC[N+](C)(C)Cc2ccccc2)c1. The van der Waals surface area contributed by atoms with Crippen molar-refractivity contribution in [3.63, 3.8) is 0 Å². The van der Waals surface area contributed by atoms with Gasteiger partial charge in [0.15, 0.2) is 0 Å². The van der Waals surface area contributed by atoms with Crippen LogP contribution in [0.25, 0.3) is 0 Å². The summed E-state index contributed by atoms with van der Waals surface area (Å²) in [5.41, 5.74) is 2.60. The Morgan fingerprint density at radius 1 is 0.861 bits per heavy atom. The number of hydrogen-bond donors (Lipinski definition) is 0. The molecule has 2 rings (SSSR count). The van der Waals surface area contributed by atoms with Crippen LogP contribution >= 0.6 is 0 Å². The third-order valence-electron chi connectivity index (χ3n) is 6.84. The van der Waals surface area contributed by atoms with E-state index in [4.69, 9.17) is 9.47 Å². The number of aryl methyl sites for hydroxylation is 1. The number of ether oxygens (including phenoxy) is 2. The largest absolute Gasteiger partial charge is 0.455 e. The third kappa shape index (κ3) is 12.1. The van der Waals surface area contributed by atoms with Gasteiger partial charge in [0.2, 0.25) is 6.29 Å². The van der Waals surface area contributed by atoms with Gasteiger partial charge in [-0.05, 0) is 30.5 Å². The lowest BCUT2D eigenvalue weighted by Gasteiger charge is -2.31. The van der Waals surface area contributed by atoms with E-state index in [1.807, 2.05) is 32.0 Å². The molecule has 2 atom stereocenters. The van der Waals surface area contributed by atoms with Crippen molar-refractivity contribution in [2.75, 3.05) is 20.6 Å². The third-order valence-corrected chi connectivity index (χ3v) is 6.84. The van der Waals surface area contributed by atoms with Crippen LogP contribution in [0.4, 0.5) is 0 Å². The molecule has 0 aromatic heterocycles.